The molecule has 1 aliphatic rings. The van der Waals surface area contributed by atoms with Crippen LogP contribution in [0.5, 0.6) is 0 Å². The molecule has 0 aromatic heterocycles. The van der Waals surface area contributed by atoms with Gasteiger partial charge in [0.2, 0.25) is 10.0 Å². The van der Waals surface area contributed by atoms with Crippen molar-refractivity contribution in [3.8, 4) is 0 Å². The molecule has 1 heterocycles. The van der Waals surface area contributed by atoms with Crippen molar-refractivity contribution in [3.05, 3.63) is 29.3 Å². The summed E-state index contributed by atoms with van der Waals surface area (Å²) >= 11 is 5.78. The van der Waals surface area contributed by atoms with E-state index in [0.717, 1.165) is 19.5 Å². The largest absolute Gasteiger partial charge is 0.316 e. The summed E-state index contributed by atoms with van der Waals surface area (Å²) in [5, 5.41) is 3.63. The first-order chi connectivity index (χ1) is 8.08. The van der Waals surface area contributed by atoms with E-state index in [9.17, 15) is 8.42 Å². The summed E-state index contributed by atoms with van der Waals surface area (Å²) in [6, 6.07) is 6.29. The molecule has 0 aliphatic carbocycles. The van der Waals surface area contributed by atoms with Gasteiger partial charge >= 0.3 is 0 Å². The molecule has 0 radical (unpaired) electrons. The molecular formula is C11H15ClN2O2S. The monoisotopic (exact) mass is 274 g/mol. The molecule has 0 amide bonds. The summed E-state index contributed by atoms with van der Waals surface area (Å²) < 4.78 is 26.5. The number of benzene rings is 1. The van der Waals surface area contributed by atoms with E-state index in [1.807, 2.05) is 0 Å². The number of hydrogen-bond acceptors (Lipinski definition) is 3. The lowest BCUT2D eigenvalue weighted by atomic mass is 10.1. The van der Waals surface area contributed by atoms with Gasteiger partial charge in [-0.3, -0.25) is 0 Å². The summed E-state index contributed by atoms with van der Waals surface area (Å²) in [4.78, 5) is 0.218. The minimum atomic E-state index is -3.43. The predicted octanol–water partition coefficient (Wildman–Crippen LogP) is 1.23. The molecule has 1 saturated heterocycles. The molecule has 17 heavy (non-hydrogen) atoms. The number of nitrogens with one attached hydrogen (secondary N) is 2. The third-order valence-corrected chi connectivity index (χ3v) is 4.49. The maximum atomic E-state index is 12.0. The van der Waals surface area contributed by atoms with Gasteiger partial charge in [0, 0.05) is 11.6 Å². The number of rotatable bonds is 4. The third-order valence-electron chi connectivity index (χ3n) is 2.83. The van der Waals surface area contributed by atoms with Gasteiger partial charge in [-0.2, -0.15) is 0 Å². The lowest BCUT2D eigenvalue weighted by Gasteiger charge is -2.10. The minimum absolute atomic E-state index is 0.218. The molecule has 0 bridgehead atoms. The van der Waals surface area contributed by atoms with Crippen molar-refractivity contribution in [2.45, 2.75) is 11.3 Å². The van der Waals surface area contributed by atoms with Crippen LogP contribution < -0.4 is 10.0 Å². The van der Waals surface area contributed by atoms with Crippen LogP contribution in [0.25, 0.3) is 0 Å². The fraction of sp³-hybridized carbons (Fsp3) is 0.455. The zero-order valence-corrected chi connectivity index (χ0v) is 10.9. The third kappa shape index (κ3) is 3.42. The van der Waals surface area contributed by atoms with Crippen LogP contribution in [0.4, 0.5) is 0 Å². The van der Waals surface area contributed by atoms with Gasteiger partial charge in [0.25, 0.3) is 0 Å². The highest BCUT2D eigenvalue weighted by atomic mass is 35.5. The van der Waals surface area contributed by atoms with E-state index in [1.165, 1.54) is 6.07 Å². The van der Waals surface area contributed by atoms with Crippen LogP contribution in [0.2, 0.25) is 5.02 Å². The SMILES string of the molecule is O=S(=O)(NCC1CCNC1)c1cccc(Cl)c1. The normalized spacial score (nSPS) is 20.6. The molecule has 1 aromatic rings. The summed E-state index contributed by atoms with van der Waals surface area (Å²) in [7, 11) is -3.43. The van der Waals surface area contributed by atoms with Crippen LogP contribution in [0.15, 0.2) is 29.2 Å². The number of sulfonamides is 1. The molecule has 1 atom stereocenters. The van der Waals surface area contributed by atoms with Crippen molar-refractivity contribution in [2.75, 3.05) is 19.6 Å². The fourth-order valence-electron chi connectivity index (χ4n) is 1.83. The number of hydrogen-bond donors (Lipinski definition) is 2. The Morgan fingerprint density at radius 3 is 2.94 bits per heavy atom. The molecule has 1 unspecified atom stereocenters. The standard InChI is InChI=1S/C11H15ClN2O2S/c12-10-2-1-3-11(6-10)17(15,16)14-8-9-4-5-13-7-9/h1-3,6,9,13-14H,4-5,7-8H2. The molecule has 0 spiro atoms. The Morgan fingerprint density at radius 1 is 1.47 bits per heavy atom. The quantitative estimate of drug-likeness (QED) is 0.868. The van der Waals surface area contributed by atoms with Gasteiger partial charge in [-0.25, -0.2) is 13.1 Å². The molecule has 1 aliphatic heterocycles. The fourth-order valence-corrected chi connectivity index (χ4v) is 3.25. The van der Waals surface area contributed by atoms with Gasteiger partial charge in [-0.15, -0.1) is 0 Å². The van der Waals surface area contributed by atoms with E-state index in [2.05, 4.69) is 10.0 Å². The Kier molecular flexibility index (Phi) is 4.04. The molecule has 94 valence electrons. The Balaban J connectivity index is 2.03. The average Bonchev–Trinajstić information content (AvgIpc) is 2.79. The van der Waals surface area contributed by atoms with Crippen molar-refractivity contribution in [1.82, 2.24) is 10.0 Å². The highest BCUT2D eigenvalue weighted by Gasteiger charge is 2.19. The van der Waals surface area contributed by atoms with Gasteiger partial charge in [-0.1, -0.05) is 17.7 Å². The van der Waals surface area contributed by atoms with E-state index in [0.29, 0.717) is 17.5 Å². The van der Waals surface area contributed by atoms with Crippen LogP contribution in [-0.2, 0) is 10.0 Å². The molecule has 2 rings (SSSR count). The topological polar surface area (TPSA) is 58.2 Å². The average molecular weight is 275 g/mol. The summed E-state index contributed by atoms with van der Waals surface area (Å²) in [5.41, 5.74) is 0. The van der Waals surface area contributed by atoms with Crippen LogP contribution in [0.3, 0.4) is 0 Å². The van der Waals surface area contributed by atoms with E-state index < -0.39 is 10.0 Å². The zero-order valence-electron chi connectivity index (χ0n) is 9.32. The first-order valence-corrected chi connectivity index (χ1v) is 7.40. The summed E-state index contributed by atoms with van der Waals surface area (Å²) in [6.07, 6.45) is 1.01. The van der Waals surface area contributed by atoms with Crippen LogP contribution in [-0.4, -0.2) is 28.1 Å². The first kappa shape index (κ1) is 12.8. The van der Waals surface area contributed by atoms with E-state index >= 15 is 0 Å². The highest BCUT2D eigenvalue weighted by Crippen LogP contribution is 2.15. The van der Waals surface area contributed by atoms with Gasteiger partial charge in [0.1, 0.15) is 0 Å². The van der Waals surface area contributed by atoms with Gasteiger partial charge < -0.3 is 5.32 Å². The van der Waals surface area contributed by atoms with Gasteiger partial charge in [0.15, 0.2) is 0 Å². The molecule has 4 nitrogen and oxygen atoms in total. The van der Waals surface area contributed by atoms with Gasteiger partial charge in [-0.05, 0) is 43.6 Å². The highest BCUT2D eigenvalue weighted by molar-refractivity contribution is 7.89. The van der Waals surface area contributed by atoms with Crippen molar-refractivity contribution >= 4 is 21.6 Å². The molecule has 1 aromatic carbocycles. The van der Waals surface area contributed by atoms with E-state index in [4.69, 9.17) is 11.6 Å². The summed E-state index contributed by atoms with van der Waals surface area (Å²) in [6.45, 7) is 2.31. The summed E-state index contributed by atoms with van der Waals surface area (Å²) in [5.74, 6) is 0.379. The second kappa shape index (κ2) is 5.35. The minimum Gasteiger partial charge on any atom is -0.316 e. The zero-order chi connectivity index (χ0) is 12.3. The Labute approximate surface area is 106 Å². The van der Waals surface area contributed by atoms with Crippen LogP contribution in [0.1, 0.15) is 6.42 Å². The smallest absolute Gasteiger partial charge is 0.240 e. The number of halogens is 1. The lowest BCUT2D eigenvalue weighted by molar-refractivity contribution is 0.539. The maximum absolute atomic E-state index is 12.0. The lowest BCUT2D eigenvalue weighted by Crippen LogP contribution is -2.30. The maximum Gasteiger partial charge on any atom is 0.240 e. The molecule has 0 saturated carbocycles. The second-order valence-electron chi connectivity index (χ2n) is 4.17. The molecule has 1 fully saturated rings. The van der Waals surface area contributed by atoms with Crippen molar-refractivity contribution in [1.29, 1.82) is 0 Å². The Hall–Kier alpha value is -0.620. The first-order valence-electron chi connectivity index (χ1n) is 5.54. The van der Waals surface area contributed by atoms with E-state index in [1.54, 1.807) is 18.2 Å². The molecular weight excluding hydrogens is 260 g/mol. The van der Waals surface area contributed by atoms with E-state index in [-0.39, 0.29) is 4.90 Å². The Bertz CT molecular complexity index is 484. The van der Waals surface area contributed by atoms with Crippen LogP contribution >= 0.6 is 11.6 Å². The van der Waals surface area contributed by atoms with Crippen molar-refractivity contribution < 1.29 is 8.42 Å². The van der Waals surface area contributed by atoms with Crippen molar-refractivity contribution in [3.63, 3.8) is 0 Å². The van der Waals surface area contributed by atoms with Gasteiger partial charge in [0.05, 0.1) is 4.90 Å². The predicted molar refractivity (Wildman–Crippen MR) is 67.6 cm³/mol. The molecule has 6 heteroatoms. The van der Waals surface area contributed by atoms with Crippen molar-refractivity contribution in [2.24, 2.45) is 5.92 Å². The second-order valence-corrected chi connectivity index (χ2v) is 6.37. The Morgan fingerprint density at radius 2 is 2.29 bits per heavy atom. The van der Waals surface area contributed by atoms with Crippen LogP contribution in [0, 0.1) is 5.92 Å². The molecule has 2 N–H and O–H groups in total.